The highest BCUT2D eigenvalue weighted by Crippen LogP contribution is 2.27. The van der Waals surface area contributed by atoms with E-state index in [1.165, 1.54) is 25.9 Å². The average molecular weight is 374 g/mol. The number of anilines is 1. The second-order valence-electron chi connectivity index (χ2n) is 8.01. The van der Waals surface area contributed by atoms with Crippen molar-refractivity contribution >= 4 is 17.0 Å². The fourth-order valence-electron chi connectivity index (χ4n) is 4.67. The van der Waals surface area contributed by atoms with Gasteiger partial charge in [0.25, 0.3) is 0 Å². The molecule has 2 saturated heterocycles. The van der Waals surface area contributed by atoms with Crippen LogP contribution in [0.1, 0.15) is 33.1 Å². The molecule has 2 N–H and O–H groups in total. The lowest BCUT2D eigenvalue weighted by Gasteiger charge is -2.48. The summed E-state index contributed by atoms with van der Waals surface area (Å²) < 4.78 is 0. The maximum Gasteiger partial charge on any atom is 0.182 e. The van der Waals surface area contributed by atoms with Crippen molar-refractivity contribution in [3.63, 3.8) is 0 Å². The third kappa shape index (κ3) is 3.79. The molecule has 0 unspecified atom stereocenters. The lowest BCUT2D eigenvalue weighted by Crippen LogP contribution is -2.59. The van der Waals surface area contributed by atoms with Gasteiger partial charge in [-0.1, -0.05) is 0 Å². The van der Waals surface area contributed by atoms with Gasteiger partial charge in [0.2, 0.25) is 0 Å². The minimum absolute atomic E-state index is 0.225. The van der Waals surface area contributed by atoms with E-state index in [9.17, 15) is 5.11 Å². The number of hydrogen-bond acceptors (Lipinski definition) is 7. The molecule has 2 aliphatic rings. The van der Waals surface area contributed by atoms with Crippen molar-refractivity contribution in [1.29, 1.82) is 0 Å². The molecular weight excluding hydrogens is 342 g/mol. The summed E-state index contributed by atoms with van der Waals surface area (Å²) in [4.78, 5) is 23.7. The van der Waals surface area contributed by atoms with Gasteiger partial charge in [-0.05, 0) is 46.2 Å². The molecule has 0 spiro atoms. The number of piperazine rings is 1. The Kier molecular flexibility index (Phi) is 5.56. The first-order valence-corrected chi connectivity index (χ1v) is 10.2. The Balaban J connectivity index is 1.47. The molecule has 148 valence electrons. The van der Waals surface area contributed by atoms with Gasteiger partial charge >= 0.3 is 0 Å². The van der Waals surface area contributed by atoms with Crippen LogP contribution in [-0.4, -0.2) is 92.3 Å². The minimum atomic E-state index is 0.225. The molecule has 1 atom stereocenters. The number of aliphatic hydroxyl groups is 1. The third-order valence-electron chi connectivity index (χ3n) is 6.19. The van der Waals surface area contributed by atoms with E-state index in [2.05, 4.69) is 48.5 Å². The Hall–Kier alpha value is -1.77. The number of H-pyrrole nitrogens is 1. The van der Waals surface area contributed by atoms with E-state index >= 15 is 0 Å². The van der Waals surface area contributed by atoms with Crippen molar-refractivity contribution in [2.75, 3.05) is 44.2 Å². The van der Waals surface area contributed by atoms with E-state index in [1.54, 1.807) is 12.7 Å². The second-order valence-corrected chi connectivity index (χ2v) is 8.01. The monoisotopic (exact) mass is 373 g/mol. The Morgan fingerprint density at radius 2 is 1.96 bits per heavy atom. The van der Waals surface area contributed by atoms with Crippen molar-refractivity contribution in [1.82, 2.24) is 29.7 Å². The summed E-state index contributed by atoms with van der Waals surface area (Å²) in [5.41, 5.74) is 1.61. The lowest BCUT2D eigenvalue weighted by atomic mass is 9.97. The maximum absolute atomic E-state index is 9.65. The molecule has 8 heteroatoms. The molecule has 2 aliphatic heterocycles. The van der Waals surface area contributed by atoms with Crippen LogP contribution in [0.4, 0.5) is 5.82 Å². The first kappa shape index (κ1) is 18.6. The molecule has 4 rings (SSSR count). The van der Waals surface area contributed by atoms with E-state index in [4.69, 9.17) is 0 Å². The van der Waals surface area contributed by atoms with Crippen LogP contribution in [-0.2, 0) is 0 Å². The molecule has 2 aromatic rings. The van der Waals surface area contributed by atoms with Gasteiger partial charge in [0, 0.05) is 44.4 Å². The molecule has 0 amide bonds. The molecule has 2 aromatic heterocycles. The lowest BCUT2D eigenvalue weighted by molar-refractivity contribution is 0.0463. The summed E-state index contributed by atoms with van der Waals surface area (Å²) in [6, 6.07) is 1.61. The summed E-state index contributed by atoms with van der Waals surface area (Å²) in [6.45, 7) is 9.98. The number of fused-ring (bicyclic) bond motifs is 1. The zero-order valence-corrected chi connectivity index (χ0v) is 16.4. The van der Waals surface area contributed by atoms with Gasteiger partial charge in [-0.25, -0.2) is 15.0 Å². The second kappa shape index (κ2) is 8.08. The number of imidazole rings is 1. The number of nitrogens with one attached hydrogen (secondary N) is 1. The molecule has 4 heterocycles. The van der Waals surface area contributed by atoms with Gasteiger partial charge in [-0.3, -0.25) is 4.90 Å². The fraction of sp³-hybridized carbons (Fsp3) is 0.737. The molecule has 0 aliphatic carbocycles. The highest BCUT2D eigenvalue weighted by molar-refractivity contribution is 5.82. The van der Waals surface area contributed by atoms with E-state index in [0.717, 1.165) is 37.4 Å². The minimum Gasteiger partial charge on any atom is -0.396 e. The fourth-order valence-corrected chi connectivity index (χ4v) is 4.67. The van der Waals surface area contributed by atoms with Crippen LogP contribution >= 0.6 is 0 Å². The largest absolute Gasteiger partial charge is 0.396 e. The summed E-state index contributed by atoms with van der Waals surface area (Å²) in [7, 11) is 0. The number of rotatable bonds is 5. The van der Waals surface area contributed by atoms with Crippen LogP contribution in [0.3, 0.4) is 0 Å². The topological polar surface area (TPSA) is 84.4 Å². The number of aliphatic hydroxyl groups excluding tert-OH is 1. The molecule has 27 heavy (non-hydrogen) atoms. The predicted octanol–water partition coefficient (Wildman–Crippen LogP) is 1.10. The quantitative estimate of drug-likeness (QED) is 0.812. The number of piperidine rings is 1. The van der Waals surface area contributed by atoms with Crippen LogP contribution in [0.5, 0.6) is 0 Å². The summed E-state index contributed by atoms with van der Waals surface area (Å²) >= 11 is 0. The first-order chi connectivity index (χ1) is 13.2. The van der Waals surface area contributed by atoms with Crippen LogP contribution in [0, 0.1) is 0 Å². The van der Waals surface area contributed by atoms with Crippen LogP contribution in [0.15, 0.2) is 12.7 Å². The Morgan fingerprint density at radius 1 is 1.15 bits per heavy atom. The van der Waals surface area contributed by atoms with Gasteiger partial charge in [0.15, 0.2) is 11.5 Å². The maximum atomic E-state index is 9.65. The summed E-state index contributed by atoms with van der Waals surface area (Å²) in [6.07, 6.45) is 6.51. The molecule has 0 aromatic carbocycles. The zero-order chi connectivity index (χ0) is 18.8. The Morgan fingerprint density at radius 3 is 2.70 bits per heavy atom. The van der Waals surface area contributed by atoms with Gasteiger partial charge in [0.05, 0.1) is 6.33 Å². The van der Waals surface area contributed by atoms with Crippen LogP contribution in [0.2, 0.25) is 0 Å². The standard InChI is InChI=1S/C19H31N7O/c1-14(2)24-6-3-15(4-7-24)26-9-8-25(11-16(26)5-10-27)19-17-18(21-12-20-17)22-13-23-19/h12-16,27H,3-11H2,1-2H3,(H,20,21,22,23)/t16-/m0/s1. The highest BCUT2D eigenvalue weighted by atomic mass is 16.3. The number of nitrogens with zero attached hydrogens (tertiary/aromatic N) is 6. The van der Waals surface area contributed by atoms with Gasteiger partial charge < -0.3 is 19.9 Å². The summed E-state index contributed by atoms with van der Waals surface area (Å²) in [5.74, 6) is 0.926. The van der Waals surface area contributed by atoms with Gasteiger partial charge in [0.1, 0.15) is 11.8 Å². The molecule has 8 nitrogen and oxygen atoms in total. The molecule has 0 saturated carbocycles. The number of likely N-dealkylation sites (tertiary alicyclic amines) is 1. The van der Waals surface area contributed by atoms with Gasteiger partial charge in [-0.15, -0.1) is 0 Å². The Labute approximate surface area is 160 Å². The van der Waals surface area contributed by atoms with Crippen LogP contribution < -0.4 is 4.90 Å². The number of aromatic amines is 1. The highest BCUT2D eigenvalue weighted by Gasteiger charge is 2.34. The van der Waals surface area contributed by atoms with Crippen LogP contribution in [0.25, 0.3) is 11.2 Å². The smallest absolute Gasteiger partial charge is 0.182 e. The average Bonchev–Trinajstić information content (AvgIpc) is 3.17. The Bertz CT molecular complexity index is 740. The predicted molar refractivity (Wildman–Crippen MR) is 106 cm³/mol. The van der Waals surface area contributed by atoms with E-state index in [-0.39, 0.29) is 6.61 Å². The van der Waals surface area contributed by atoms with Crippen molar-refractivity contribution in [2.24, 2.45) is 0 Å². The summed E-state index contributed by atoms with van der Waals surface area (Å²) in [5, 5.41) is 9.65. The SMILES string of the molecule is CC(C)N1CCC(N2CCN(c3ncnc4nc[nH]c34)C[C@@H]2CCO)CC1. The number of hydrogen-bond donors (Lipinski definition) is 2. The number of aromatic nitrogens is 4. The van der Waals surface area contributed by atoms with E-state index in [1.807, 2.05) is 0 Å². The van der Waals surface area contributed by atoms with Gasteiger partial charge in [-0.2, -0.15) is 0 Å². The first-order valence-electron chi connectivity index (χ1n) is 10.2. The van der Waals surface area contributed by atoms with E-state index in [0.29, 0.717) is 23.8 Å². The van der Waals surface area contributed by atoms with Crippen molar-refractivity contribution in [2.45, 2.75) is 51.2 Å². The van der Waals surface area contributed by atoms with Crippen molar-refractivity contribution < 1.29 is 5.11 Å². The van der Waals surface area contributed by atoms with Crippen molar-refractivity contribution in [3.05, 3.63) is 12.7 Å². The third-order valence-corrected chi connectivity index (χ3v) is 6.19. The van der Waals surface area contributed by atoms with E-state index < -0.39 is 0 Å². The molecule has 0 bridgehead atoms. The normalized spacial score (nSPS) is 23.6. The molecule has 2 fully saturated rings. The zero-order valence-electron chi connectivity index (χ0n) is 16.4. The molecular formula is C19H31N7O. The molecule has 0 radical (unpaired) electrons. The van der Waals surface area contributed by atoms with Crippen molar-refractivity contribution in [3.8, 4) is 0 Å².